The predicted molar refractivity (Wildman–Crippen MR) is 74.6 cm³/mol. The van der Waals surface area contributed by atoms with E-state index in [0.29, 0.717) is 26.1 Å². The van der Waals surface area contributed by atoms with E-state index in [9.17, 15) is 9.59 Å². The molecule has 0 bridgehead atoms. The van der Waals surface area contributed by atoms with Crippen molar-refractivity contribution in [2.45, 2.75) is 26.8 Å². The lowest BCUT2D eigenvalue weighted by molar-refractivity contribution is -0.128. The van der Waals surface area contributed by atoms with Crippen molar-refractivity contribution in [1.29, 1.82) is 0 Å². The second-order valence-electron chi connectivity index (χ2n) is 4.84. The molecule has 3 heterocycles. The van der Waals surface area contributed by atoms with Crippen LogP contribution in [-0.2, 0) is 17.8 Å². The molecule has 0 fully saturated rings. The van der Waals surface area contributed by atoms with Gasteiger partial charge in [-0.05, 0) is 17.9 Å². The molecule has 1 amide bonds. The molecule has 1 aliphatic heterocycles. The van der Waals surface area contributed by atoms with Gasteiger partial charge >= 0.3 is 0 Å². The first kappa shape index (κ1) is 12.3. The number of amides is 1. The average molecular weight is 277 g/mol. The first-order valence-corrected chi connectivity index (χ1v) is 7.19. The Hall–Kier alpha value is -1.69. The maximum absolute atomic E-state index is 12.5. The highest BCUT2D eigenvalue weighted by Gasteiger charge is 2.20. The minimum absolute atomic E-state index is 0.0316. The fourth-order valence-corrected chi connectivity index (χ4v) is 3.44. The van der Waals surface area contributed by atoms with Crippen molar-refractivity contribution in [2.24, 2.45) is 0 Å². The molecule has 0 unspecified atom stereocenters. The smallest absolute Gasteiger partial charge is 0.262 e. The molecule has 0 N–H and O–H groups in total. The number of aryl methyl sites for hydroxylation is 1. The van der Waals surface area contributed by atoms with Gasteiger partial charge in [-0.2, -0.15) is 0 Å². The van der Waals surface area contributed by atoms with Crippen LogP contribution in [0, 0.1) is 6.92 Å². The van der Waals surface area contributed by atoms with Gasteiger partial charge in [0.05, 0.1) is 5.39 Å². The van der Waals surface area contributed by atoms with Crippen molar-refractivity contribution in [2.75, 3.05) is 13.1 Å². The number of carbonyl (C=O) groups is 1. The van der Waals surface area contributed by atoms with Crippen molar-refractivity contribution in [3.63, 3.8) is 0 Å². The van der Waals surface area contributed by atoms with E-state index in [0.717, 1.165) is 21.6 Å². The summed E-state index contributed by atoms with van der Waals surface area (Å²) in [4.78, 5) is 31.1. The molecule has 1 aliphatic rings. The topological polar surface area (TPSA) is 55.2 Å². The van der Waals surface area contributed by atoms with Crippen molar-refractivity contribution >= 4 is 27.5 Å². The maximum atomic E-state index is 12.5. The molecule has 2 aromatic heterocycles. The second-order valence-corrected chi connectivity index (χ2v) is 5.70. The summed E-state index contributed by atoms with van der Waals surface area (Å²) >= 11 is 1.51. The number of fused-ring (bicyclic) bond motifs is 2. The summed E-state index contributed by atoms with van der Waals surface area (Å²) in [6.45, 7) is 5.25. The van der Waals surface area contributed by atoms with Crippen LogP contribution in [0.1, 0.15) is 18.3 Å². The van der Waals surface area contributed by atoms with Crippen LogP contribution in [0.15, 0.2) is 10.2 Å². The Kier molecular flexibility index (Phi) is 2.89. The van der Waals surface area contributed by atoms with Crippen LogP contribution < -0.4 is 5.56 Å². The highest BCUT2D eigenvalue weighted by Crippen LogP contribution is 2.21. The average Bonchev–Trinajstić information content (AvgIpc) is 2.61. The van der Waals surface area contributed by atoms with Gasteiger partial charge in [0.15, 0.2) is 0 Å². The van der Waals surface area contributed by atoms with Crippen molar-refractivity contribution in [1.82, 2.24) is 14.5 Å². The number of hydrogen-bond acceptors (Lipinski definition) is 4. The highest BCUT2D eigenvalue weighted by molar-refractivity contribution is 7.16. The van der Waals surface area contributed by atoms with Gasteiger partial charge in [0.1, 0.15) is 10.7 Å². The van der Waals surface area contributed by atoms with Gasteiger partial charge in [-0.1, -0.05) is 0 Å². The third-order valence-corrected chi connectivity index (χ3v) is 4.59. The van der Waals surface area contributed by atoms with Gasteiger partial charge in [-0.3, -0.25) is 14.2 Å². The normalized spacial score (nSPS) is 15.4. The van der Waals surface area contributed by atoms with Crippen LogP contribution in [0.25, 0.3) is 10.2 Å². The number of rotatable bonds is 0. The Bertz CT molecular complexity index is 716. The Labute approximate surface area is 114 Å². The Morgan fingerprint density at radius 1 is 1.37 bits per heavy atom. The zero-order valence-corrected chi connectivity index (χ0v) is 11.8. The quantitative estimate of drug-likeness (QED) is 0.726. The van der Waals surface area contributed by atoms with Gasteiger partial charge in [-0.15, -0.1) is 11.3 Å². The summed E-state index contributed by atoms with van der Waals surface area (Å²) in [6.07, 6.45) is 0.641. The van der Waals surface area contributed by atoms with Crippen molar-refractivity contribution < 1.29 is 4.79 Å². The van der Waals surface area contributed by atoms with E-state index in [1.165, 1.54) is 11.3 Å². The van der Waals surface area contributed by atoms with E-state index in [4.69, 9.17) is 0 Å². The lowest BCUT2D eigenvalue weighted by atomic mass is 10.2. The first-order valence-electron chi connectivity index (χ1n) is 6.31. The first-order chi connectivity index (χ1) is 9.08. The zero-order chi connectivity index (χ0) is 13.6. The SMILES string of the molecule is CC(=O)N1CCc2nc3scc(C)c3c(=O)n2CC1. The fourth-order valence-electron chi connectivity index (χ4n) is 2.51. The number of aromatic nitrogens is 2. The summed E-state index contributed by atoms with van der Waals surface area (Å²) in [5.41, 5.74) is 1.02. The molecular weight excluding hydrogens is 262 g/mol. The third-order valence-electron chi connectivity index (χ3n) is 3.60. The van der Waals surface area contributed by atoms with Gasteiger partial charge in [0, 0.05) is 33.0 Å². The summed E-state index contributed by atoms with van der Waals surface area (Å²) in [5.74, 6) is 0.849. The summed E-state index contributed by atoms with van der Waals surface area (Å²) < 4.78 is 1.73. The molecule has 5 nitrogen and oxygen atoms in total. The summed E-state index contributed by atoms with van der Waals surface area (Å²) in [6, 6.07) is 0. The predicted octanol–water partition coefficient (Wildman–Crippen LogP) is 1.17. The van der Waals surface area contributed by atoms with E-state index in [1.807, 2.05) is 12.3 Å². The van der Waals surface area contributed by atoms with Crippen LogP contribution in [0.3, 0.4) is 0 Å². The van der Waals surface area contributed by atoms with Crippen LogP contribution >= 0.6 is 11.3 Å². The van der Waals surface area contributed by atoms with E-state index in [2.05, 4.69) is 4.98 Å². The van der Waals surface area contributed by atoms with Gasteiger partial charge in [0.2, 0.25) is 5.91 Å². The summed E-state index contributed by atoms with van der Waals surface area (Å²) in [7, 11) is 0. The molecule has 2 aromatic rings. The standard InChI is InChI=1S/C13H15N3O2S/c1-8-7-19-12-11(8)13(18)16-6-5-15(9(2)17)4-3-10(16)14-12/h7H,3-6H2,1-2H3. The molecule has 0 radical (unpaired) electrons. The molecule has 0 saturated heterocycles. The van der Waals surface area contributed by atoms with Gasteiger partial charge < -0.3 is 4.90 Å². The van der Waals surface area contributed by atoms with Crippen molar-refractivity contribution in [3.05, 3.63) is 27.1 Å². The molecule has 0 spiro atoms. The van der Waals surface area contributed by atoms with Gasteiger partial charge in [0.25, 0.3) is 5.56 Å². The molecule has 0 saturated carbocycles. The molecule has 0 aliphatic carbocycles. The van der Waals surface area contributed by atoms with Crippen LogP contribution in [-0.4, -0.2) is 33.4 Å². The summed E-state index contributed by atoms with van der Waals surface area (Å²) in [5, 5.41) is 2.70. The lowest BCUT2D eigenvalue weighted by Crippen LogP contribution is -2.32. The number of nitrogens with zero attached hydrogens (tertiary/aromatic N) is 3. The zero-order valence-electron chi connectivity index (χ0n) is 11.0. The molecule has 19 heavy (non-hydrogen) atoms. The lowest BCUT2D eigenvalue weighted by Gasteiger charge is -2.16. The Balaban J connectivity index is 2.13. The molecule has 0 aromatic carbocycles. The minimum atomic E-state index is 0.0316. The molecule has 100 valence electrons. The van der Waals surface area contributed by atoms with Crippen LogP contribution in [0.2, 0.25) is 0 Å². The van der Waals surface area contributed by atoms with E-state index < -0.39 is 0 Å². The molecule has 3 rings (SSSR count). The Morgan fingerprint density at radius 2 is 2.16 bits per heavy atom. The number of carbonyl (C=O) groups excluding carboxylic acids is 1. The largest absolute Gasteiger partial charge is 0.341 e. The van der Waals surface area contributed by atoms with Crippen LogP contribution in [0.4, 0.5) is 0 Å². The Morgan fingerprint density at radius 3 is 2.89 bits per heavy atom. The number of hydrogen-bond donors (Lipinski definition) is 0. The minimum Gasteiger partial charge on any atom is -0.341 e. The monoisotopic (exact) mass is 277 g/mol. The molecular formula is C13H15N3O2S. The maximum Gasteiger partial charge on any atom is 0.262 e. The second kappa shape index (κ2) is 4.45. The van der Waals surface area contributed by atoms with Crippen molar-refractivity contribution in [3.8, 4) is 0 Å². The van der Waals surface area contributed by atoms with E-state index in [1.54, 1.807) is 16.4 Å². The number of thiophene rings is 1. The van der Waals surface area contributed by atoms with Gasteiger partial charge in [-0.25, -0.2) is 4.98 Å². The molecule has 0 atom stereocenters. The molecule has 6 heteroatoms. The highest BCUT2D eigenvalue weighted by atomic mass is 32.1. The fraction of sp³-hybridized carbons (Fsp3) is 0.462. The van der Waals surface area contributed by atoms with E-state index >= 15 is 0 Å². The van der Waals surface area contributed by atoms with E-state index in [-0.39, 0.29) is 11.5 Å². The third kappa shape index (κ3) is 1.96. The van der Waals surface area contributed by atoms with Crippen LogP contribution in [0.5, 0.6) is 0 Å².